The van der Waals surface area contributed by atoms with Crippen molar-refractivity contribution in [3.8, 4) is 0 Å². The fourth-order valence-corrected chi connectivity index (χ4v) is 3.73. The second kappa shape index (κ2) is 6.33. The van der Waals surface area contributed by atoms with E-state index in [2.05, 4.69) is 33.0 Å². The molecule has 0 heterocycles. The fourth-order valence-electron chi connectivity index (χ4n) is 2.93. The third kappa shape index (κ3) is 5.52. The lowest BCUT2D eigenvalue weighted by molar-refractivity contribution is 0.158. The summed E-state index contributed by atoms with van der Waals surface area (Å²) < 4.78 is 11.2. The second-order valence-electron chi connectivity index (χ2n) is 6.72. The Balaban J connectivity index is 2.30. The van der Waals surface area contributed by atoms with E-state index in [4.69, 9.17) is 0 Å². The minimum absolute atomic E-state index is 0.386. The van der Waals surface area contributed by atoms with Crippen molar-refractivity contribution in [2.24, 2.45) is 11.3 Å². The van der Waals surface area contributed by atoms with Crippen LogP contribution < -0.4 is 5.32 Å². The van der Waals surface area contributed by atoms with Gasteiger partial charge in [-0.3, -0.25) is 4.21 Å². The molecule has 3 heteroatoms. The summed E-state index contributed by atoms with van der Waals surface area (Å²) >= 11 is 0. The standard InChI is InChI=1S/C14H29NOS/c1-11(10-17(5)16)15-13-8-6-12(7-9-13)14(2,3)4/h11-13,15H,6-10H2,1-5H3. The predicted octanol–water partition coefficient (Wildman–Crippen LogP) is 2.95. The second-order valence-corrected chi connectivity index (χ2v) is 8.20. The summed E-state index contributed by atoms with van der Waals surface area (Å²) in [7, 11) is -0.684. The average Bonchev–Trinajstić information content (AvgIpc) is 2.15. The number of hydrogen-bond donors (Lipinski definition) is 1. The quantitative estimate of drug-likeness (QED) is 0.841. The molecule has 0 radical (unpaired) electrons. The maximum absolute atomic E-state index is 11.2. The van der Waals surface area contributed by atoms with Crippen LogP contribution in [0.3, 0.4) is 0 Å². The summed E-state index contributed by atoms with van der Waals surface area (Å²) in [4.78, 5) is 0. The molecule has 1 aliphatic rings. The Bertz CT molecular complexity index is 251. The van der Waals surface area contributed by atoms with Gasteiger partial charge in [0.05, 0.1) is 0 Å². The molecule has 0 spiro atoms. The zero-order valence-corrected chi connectivity index (χ0v) is 12.9. The largest absolute Gasteiger partial charge is 0.311 e. The number of rotatable bonds is 4. The van der Waals surface area contributed by atoms with Gasteiger partial charge in [0.2, 0.25) is 0 Å². The Morgan fingerprint density at radius 3 is 2.18 bits per heavy atom. The molecule has 2 nitrogen and oxygen atoms in total. The summed E-state index contributed by atoms with van der Waals surface area (Å²) in [5.74, 6) is 1.65. The van der Waals surface area contributed by atoms with Gasteiger partial charge in [0.25, 0.3) is 0 Å². The summed E-state index contributed by atoms with van der Waals surface area (Å²) in [6.45, 7) is 9.22. The van der Waals surface area contributed by atoms with Gasteiger partial charge in [0, 0.05) is 34.9 Å². The first-order chi connectivity index (χ1) is 7.79. The highest BCUT2D eigenvalue weighted by atomic mass is 32.2. The van der Waals surface area contributed by atoms with Crippen LogP contribution in [0.5, 0.6) is 0 Å². The molecule has 17 heavy (non-hydrogen) atoms. The molecule has 2 unspecified atom stereocenters. The van der Waals surface area contributed by atoms with Crippen molar-refractivity contribution in [1.29, 1.82) is 0 Å². The highest BCUT2D eigenvalue weighted by Crippen LogP contribution is 2.37. The monoisotopic (exact) mass is 259 g/mol. The van der Waals surface area contributed by atoms with E-state index in [1.54, 1.807) is 6.26 Å². The first kappa shape index (κ1) is 15.2. The van der Waals surface area contributed by atoms with Gasteiger partial charge >= 0.3 is 0 Å². The van der Waals surface area contributed by atoms with Crippen LogP contribution in [0.2, 0.25) is 0 Å². The van der Waals surface area contributed by atoms with Crippen LogP contribution in [0.15, 0.2) is 0 Å². The third-order valence-corrected chi connectivity index (χ3v) is 4.93. The van der Waals surface area contributed by atoms with Gasteiger partial charge in [0.15, 0.2) is 0 Å². The molecular weight excluding hydrogens is 230 g/mol. The molecule has 0 amide bonds. The minimum atomic E-state index is -0.684. The molecule has 0 aromatic heterocycles. The van der Waals surface area contributed by atoms with Crippen LogP contribution in [0.4, 0.5) is 0 Å². The Hall–Kier alpha value is 0.110. The van der Waals surface area contributed by atoms with E-state index < -0.39 is 10.8 Å². The van der Waals surface area contributed by atoms with Gasteiger partial charge in [-0.25, -0.2) is 0 Å². The molecular formula is C14H29NOS. The highest BCUT2D eigenvalue weighted by molar-refractivity contribution is 7.84. The van der Waals surface area contributed by atoms with Crippen LogP contribution >= 0.6 is 0 Å². The fraction of sp³-hybridized carbons (Fsp3) is 1.00. The molecule has 1 N–H and O–H groups in total. The van der Waals surface area contributed by atoms with Crippen molar-refractivity contribution in [3.63, 3.8) is 0 Å². The number of nitrogens with one attached hydrogen (secondary N) is 1. The van der Waals surface area contributed by atoms with Crippen LogP contribution in [-0.2, 0) is 10.8 Å². The van der Waals surface area contributed by atoms with Gasteiger partial charge in [-0.1, -0.05) is 20.8 Å². The van der Waals surface area contributed by atoms with E-state index in [9.17, 15) is 4.21 Å². The van der Waals surface area contributed by atoms with E-state index >= 15 is 0 Å². The lowest BCUT2D eigenvalue weighted by Gasteiger charge is -2.38. The van der Waals surface area contributed by atoms with Crippen LogP contribution in [0.25, 0.3) is 0 Å². The molecule has 2 atom stereocenters. The highest BCUT2D eigenvalue weighted by Gasteiger charge is 2.29. The normalized spacial score (nSPS) is 29.9. The molecule has 1 aliphatic carbocycles. The van der Waals surface area contributed by atoms with Crippen molar-refractivity contribution in [1.82, 2.24) is 5.32 Å². The maximum Gasteiger partial charge on any atom is 0.0383 e. The van der Waals surface area contributed by atoms with Gasteiger partial charge in [-0.2, -0.15) is 0 Å². The van der Waals surface area contributed by atoms with Crippen molar-refractivity contribution in [3.05, 3.63) is 0 Å². The summed E-state index contributed by atoms with van der Waals surface area (Å²) in [6.07, 6.45) is 7.02. The van der Waals surface area contributed by atoms with Crippen molar-refractivity contribution in [2.75, 3.05) is 12.0 Å². The Morgan fingerprint density at radius 2 is 1.76 bits per heavy atom. The van der Waals surface area contributed by atoms with Crippen molar-refractivity contribution in [2.45, 2.75) is 65.5 Å². The average molecular weight is 259 g/mol. The van der Waals surface area contributed by atoms with Crippen molar-refractivity contribution >= 4 is 10.8 Å². The van der Waals surface area contributed by atoms with Gasteiger partial charge in [-0.15, -0.1) is 0 Å². The summed E-state index contributed by atoms with van der Waals surface area (Å²) in [5, 5.41) is 3.63. The third-order valence-electron chi connectivity index (χ3n) is 3.96. The van der Waals surface area contributed by atoms with Crippen LogP contribution in [0, 0.1) is 11.3 Å². The first-order valence-electron chi connectivity index (χ1n) is 6.85. The minimum Gasteiger partial charge on any atom is -0.311 e. The predicted molar refractivity (Wildman–Crippen MR) is 76.7 cm³/mol. The summed E-state index contributed by atoms with van der Waals surface area (Å²) in [5.41, 5.74) is 0.460. The molecule has 1 saturated carbocycles. The molecule has 1 rings (SSSR count). The molecule has 102 valence electrons. The Kier molecular flexibility index (Phi) is 5.65. The lowest BCUT2D eigenvalue weighted by atomic mass is 9.71. The first-order valence-corrected chi connectivity index (χ1v) is 8.58. The van der Waals surface area contributed by atoms with Gasteiger partial charge in [0.1, 0.15) is 0 Å². The Morgan fingerprint density at radius 1 is 1.24 bits per heavy atom. The molecule has 1 fully saturated rings. The Labute approximate surface area is 109 Å². The summed E-state index contributed by atoms with van der Waals surface area (Å²) in [6, 6.07) is 1.03. The zero-order chi connectivity index (χ0) is 13.1. The SMILES string of the molecule is CC(CS(C)=O)NC1CCC(C(C)(C)C)CC1. The smallest absolute Gasteiger partial charge is 0.0383 e. The van der Waals surface area contributed by atoms with Gasteiger partial charge in [-0.05, 0) is 43.9 Å². The van der Waals surface area contributed by atoms with Gasteiger partial charge < -0.3 is 5.32 Å². The van der Waals surface area contributed by atoms with E-state index in [-0.39, 0.29) is 0 Å². The number of hydrogen-bond acceptors (Lipinski definition) is 2. The molecule has 0 bridgehead atoms. The van der Waals surface area contributed by atoms with Crippen LogP contribution in [-0.4, -0.2) is 28.3 Å². The lowest BCUT2D eigenvalue weighted by Crippen LogP contribution is -2.42. The molecule has 0 aromatic carbocycles. The van der Waals surface area contributed by atoms with E-state index in [0.29, 0.717) is 17.5 Å². The topological polar surface area (TPSA) is 29.1 Å². The molecule has 0 saturated heterocycles. The molecule has 0 aliphatic heterocycles. The van der Waals surface area contributed by atoms with E-state index in [0.717, 1.165) is 11.7 Å². The van der Waals surface area contributed by atoms with Crippen LogP contribution in [0.1, 0.15) is 53.4 Å². The molecule has 0 aromatic rings. The zero-order valence-electron chi connectivity index (χ0n) is 12.1. The van der Waals surface area contributed by atoms with Crippen molar-refractivity contribution < 1.29 is 4.21 Å². The maximum atomic E-state index is 11.2. The van der Waals surface area contributed by atoms with E-state index in [1.807, 2.05) is 0 Å². The van der Waals surface area contributed by atoms with E-state index in [1.165, 1.54) is 25.7 Å².